The normalized spacial score (nSPS) is 13.9. The molecule has 0 saturated heterocycles. The largest absolute Gasteiger partial charge is 0.478 e. The van der Waals surface area contributed by atoms with E-state index < -0.39 is 5.97 Å². The molecule has 1 aromatic rings. The van der Waals surface area contributed by atoms with Crippen molar-refractivity contribution in [3.8, 4) is 0 Å². The molecule has 1 aliphatic carbocycles. The Morgan fingerprint density at radius 2 is 2.16 bits per heavy atom. The van der Waals surface area contributed by atoms with Gasteiger partial charge in [-0.1, -0.05) is 0 Å². The number of hydrogen-bond donors (Lipinski definition) is 3. The third-order valence-electron chi connectivity index (χ3n) is 2.80. The number of aromatic nitrogens is 1. The zero-order valence-corrected chi connectivity index (χ0v) is 10.8. The molecule has 1 saturated carbocycles. The highest BCUT2D eigenvalue weighted by Gasteiger charge is 2.22. The molecular weight excluding hydrogens is 246 g/mol. The molecule has 6 heteroatoms. The minimum absolute atomic E-state index is 0.0149. The third-order valence-corrected chi connectivity index (χ3v) is 2.80. The molecule has 1 fully saturated rings. The Kier molecular flexibility index (Phi) is 3.99. The van der Waals surface area contributed by atoms with Crippen LogP contribution in [0.3, 0.4) is 0 Å². The first-order chi connectivity index (χ1) is 9.04. The molecule has 6 nitrogen and oxygen atoms in total. The standard InChI is InChI=1S/C13H17N3O3/c1-8-6-9(13(18)19)7-11(15-8)14-5-4-12(17)16-10-2-3-10/h6-7,10H,2-5H2,1H3,(H,14,15)(H,16,17)(H,18,19). The second-order valence-electron chi connectivity index (χ2n) is 4.71. The van der Waals surface area contributed by atoms with Gasteiger partial charge in [0.2, 0.25) is 5.91 Å². The van der Waals surface area contributed by atoms with Gasteiger partial charge >= 0.3 is 5.97 Å². The van der Waals surface area contributed by atoms with Gasteiger partial charge in [0.05, 0.1) is 5.56 Å². The van der Waals surface area contributed by atoms with Gasteiger partial charge in [-0.05, 0) is 31.9 Å². The fraction of sp³-hybridized carbons (Fsp3) is 0.462. The maximum absolute atomic E-state index is 11.5. The molecular formula is C13H17N3O3. The van der Waals surface area contributed by atoms with Gasteiger partial charge in [0.25, 0.3) is 0 Å². The van der Waals surface area contributed by atoms with Crippen LogP contribution in [0.5, 0.6) is 0 Å². The number of carbonyl (C=O) groups excluding carboxylic acids is 1. The van der Waals surface area contributed by atoms with Crippen molar-refractivity contribution < 1.29 is 14.7 Å². The lowest BCUT2D eigenvalue weighted by Crippen LogP contribution is -2.27. The van der Waals surface area contributed by atoms with Crippen molar-refractivity contribution in [2.45, 2.75) is 32.2 Å². The summed E-state index contributed by atoms with van der Waals surface area (Å²) in [5, 5.41) is 14.8. The van der Waals surface area contributed by atoms with Crippen molar-refractivity contribution in [3.63, 3.8) is 0 Å². The second kappa shape index (κ2) is 5.69. The minimum Gasteiger partial charge on any atom is -0.478 e. The number of aryl methyl sites for hydroxylation is 1. The van der Waals surface area contributed by atoms with Gasteiger partial charge in [0.15, 0.2) is 0 Å². The van der Waals surface area contributed by atoms with Crippen molar-refractivity contribution >= 4 is 17.7 Å². The first-order valence-corrected chi connectivity index (χ1v) is 6.30. The van der Waals surface area contributed by atoms with Crippen LogP contribution in [0.2, 0.25) is 0 Å². The minimum atomic E-state index is -0.986. The van der Waals surface area contributed by atoms with E-state index in [0.29, 0.717) is 30.5 Å². The SMILES string of the molecule is Cc1cc(C(=O)O)cc(NCCC(=O)NC2CC2)n1. The number of amides is 1. The number of carboxylic acids is 1. The molecule has 0 aliphatic heterocycles. The van der Waals surface area contributed by atoms with Crippen LogP contribution >= 0.6 is 0 Å². The maximum Gasteiger partial charge on any atom is 0.335 e. The Bertz CT molecular complexity index is 498. The smallest absolute Gasteiger partial charge is 0.335 e. The van der Waals surface area contributed by atoms with Crippen LogP contribution in [0, 0.1) is 6.92 Å². The highest BCUT2D eigenvalue weighted by atomic mass is 16.4. The highest BCUT2D eigenvalue weighted by Crippen LogP contribution is 2.18. The maximum atomic E-state index is 11.5. The van der Waals surface area contributed by atoms with Crippen molar-refractivity contribution in [3.05, 3.63) is 23.4 Å². The molecule has 1 aliphatic rings. The molecule has 1 heterocycles. The predicted octanol–water partition coefficient (Wildman–Crippen LogP) is 1.17. The highest BCUT2D eigenvalue weighted by molar-refractivity contribution is 5.88. The lowest BCUT2D eigenvalue weighted by atomic mass is 10.2. The van der Waals surface area contributed by atoms with E-state index in [9.17, 15) is 9.59 Å². The second-order valence-corrected chi connectivity index (χ2v) is 4.71. The molecule has 1 aromatic heterocycles. The van der Waals surface area contributed by atoms with E-state index in [1.54, 1.807) is 6.92 Å². The predicted molar refractivity (Wildman–Crippen MR) is 70.2 cm³/mol. The van der Waals surface area contributed by atoms with Gasteiger partial charge < -0.3 is 15.7 Å². The number of nitrogens with one attached hydrogen (secondary N) is 2. The van der Waals surface area contributed by atoms with E-state index in [4.69, 9.17) is 5.11 Å². The summed E-state index contributed by atoms with van der Waals surface area (Å²) in [5.74, 6) is -0.488. The summed E-state index contributed by atoms with van der Waals surface area (Å²) in [4.78, 5) is 26.5. The molecule has 0 bridgehead atoms. The monoisotopic (exact) mass is 263 g/mol. The molecule has 0 aromatic carbocycles. The number of carbonyl (C=O) groups is 2. The zero-order chi connectivity index (χ0) is 13.8. The van der Waals surface area contributed by atoms with E-state index in [-0.39, 0.29) is 11.5 Å². The first-order valence-electron chi connectivity index (χ1n) is 6.30. The van der Waals surface area contributed by atoms with Crippen molar-refractivity contribution in [2.24, 2.45) is 0 Å². The van der Waals surface area contributed by atoms with E-state index in [1.807, 2.05) is 0 Å². The van der Waals surface area contributed by atoms with Gasteiger partial charge in [0.1, 0.15) is 5.82 Å². The summed E-state index contributed by atoms with van der Waals surface area (Å²) >= 11 is 0. The fourth-order valence-corrected chi connectivity index (χ4v) is 1.71. The van der Waals surface area contributed by atoms with E-state index in [1.165, 1.54) is 12.1 Å². The summed E-state index contributed by atoms with van der Waals surface area (Å²) in [6.07, 6.45) is 2.50. The number of anilines is 1. The molecule has 0 radical (unpaired) electrons. The van der Waals surface area contributed by atoms with Crippen LogP contribution in [-0.2, 0) is 4.79 Å². The van der Waals surface area contributed by atoms with Crippen molar-refractivity contribution in [2.75, 3.05) is 11.9 Å². The molecule has 102 valence electrons. The lowest BCUT2D eigenvalue weighted by Gasteiger charge is -2.08. The van der Waals surface area contributed by atoms with Gasteiger partial charge in [-0.15, -0.1) is 0 Å². The fourth-order valence-electron chi connectivity index (χ4n) is 1.71. The Morgan fingerprint density at radius 3 is 2.79 bits per heavy atom. The van der Waals surface area contributed by atoms with Gasteiger partial charge in [-0.3, -0.25) is 4.79 Å². The number of rotatable bonds is 6. The molecule has 3 N–H and O–H groups in total. The van der Waals surface area contributed by atoms with Crippen molar-refractivity contribution in [1.29, 1.82) is 0 Å². The van der Waals surface area contributed by atoms with E-state index in [2.05, 4.69) is 15.6 Å². The van der Waals surface area contributed by atoms with Crippen LogP contribution < -0.4 is 10.6 Å². The summed E-state index contributed by atoms with van der Waals surface area (Å²) in [6.45, 7) is 2.17. The summed E-state index contributed by atoms with van der Waals surface area (Å²) in [7, 11) is 0. The average Bonchev–Trinajstić information content (AvgIpc) is 3.12. The lowest BCUT2D eigenvalue weighted by molar-refractivity contribution is -0.120. The topological polar surface area (TPSA) is 91.3 Å². The molecule has 19 heavy (non-hydrogen) atoms. The first kappa shape index (κ1) is 13.3. The Morgan fingerprint density at radius 1 is 1.42 bits per heavy atom. The van der Waals surface area contributed by atoms with Gasteiger partial charge in [0, 0.05) is 24.7 Å². The van der Waals surface area contributed by atoms with Crippen LogP contribution in [-0.4, -0.2) is 34.6 Å². The zero-order valence-electron chi connectivity index (χ0n) is 10.8. The van der Waals surface area contributed by atoms with Crippen LogP contribution in [0.25, 0.3) is 0 Å². The summed E-state index contributed by atoms with van der Waals surface area (Å²) < 4.78 is 0. The number of nitrogens with zero attached hydrogens (tertiary/aromatic N) is 1. The van der Waals surface area contributed by atoms with Gasteiger partial charge in [-0.2, -0.15) is 0 Å². The van der Waals surface area contributed by atoms with Crippen molar-refractivity contribution in [1.82, 2.24) is 10.3 Å². The molecule has 1 amide bonds. The molecule has 0 unspecified atom stereocenters. The number of aromatic carboxylic acids is 1. The average molecular weight is 263 g/mol. The Hall–Kier alpha value is -2.11. The molecule has 2 rings (SSSR count). The van der Waals surface area contributed by atoms with Crippen LogP contribution in [0.1, 0.15) is 35.3 Å². The number of hydrogen-bond acceptors (Lipinski definition) is 4. The molecule has 0 spiro atoms. The third kappa shape index (κ3) is 4.24. The van der Waals surface area contributed by atoms with E-state index in [0.717, 1.165) is 12.8 Å². The Labute approximate surface area is 111 Å². The Balaban J connectivity index is 1.84. The van der Waals surface area contributed by atoms with Gasteiger partial charge in [-0.25, -0.2) is 9.78 Å². The summed E-state index contributed by atoms with van der Waals surface area (Å²) in [6, 6.07) is 3.34. The van der Waals surface area contributed by atoms with E-state index >= 15 is 0 Å². The summed E-state index contributed by atoms with van der Waals surface area (Å²) in [5.41, 5.74) is 0.822. The molecule has 0 atom stereocenters. The number of carboxylic acid groups (broad SMARTS) is 1. The number of pyridine rings is 1. The van der Waals surface area contributed by atoms with Crippen LogP contribution in [0.4, 0.5) is 5.82 Å². The quantitative estimate of drug-likeness (QED) is 0.716. The van der Waals surface area contributed by atoms with Crippen LogP contribution in [0.15, 0.2) is 12.1 Å².